The molecule has 0 amide bonds. The maximum absolute atomic E-state index is 4.31. The summed E-state index contributed by atoms with van der Waals surface area (Å²) < 4.78 is 3.37. The van der Waals surface area contributed by atoms with E-state index in [-0.39, 0.29) is 0 Å². The van der Waals surface area contributed by atoms with E-state index in [0.717, 1.165) is 48.8 Å². The number of aromatic nitrogens is 3. The van der Waals surface area contributed by atoms with Crippen molar-refractivity contribution in [3.63, 3.8) is 0 Å². The van der Waals surface area contributed by atoms with Gasteiger partial charge in [0.2, 0.25) is 0 Å². The predicted octanol–water partition coefficient (Wildman–Crippen LogP) is 10.1. The fourth-order valence-corrected chi connectivity index (χ4v) is 6.50. The van der Waals surface area contributed by atoms with Crippen LogP contribution in [0.1, 0.15) is 0 Å². The summed E-state index contributed by atoms with van der Waals surface area (Å²) in [5, 5.41) is 6.98. The zero-order valence-electron chi connectivity index (χ0n) is 21.9. The van der Waals surface area contributed by atoms with Gasteiger partial charge < -0.3 is 9.47 Å². The zero-order chi connectivity index (χ0) is 27.3. The van der Waals surface area contributed by atoms with Crippen LogP contribution in [0.3, 0.4) is 0 Å². The van der Waals surface area contributed by atoms with Gasteiger partial charge in [-0.05, 0) is 87.4 Å². The first-order chi connectivity index (χ1) is 20.3. The van der Waals surface area contributed by atoms with Crippen molar-refractivity contribution in [1.29, 1.82) is 0 Å². The summed E-state index contributed by atoms with van der Waals surface area (Å²) in [6.45, 7) is 0. The molecule has 4 nitrogen and oxygen atoms in total. The summed E-state index contributed by atoms with van der Waals surface area (Å²) >= 11 is 4.09. The summed E-state index contributed by atoms with van der Waals surface area (Å²) in [5.41, 5.74) is 6.62. The Labute approximate surface area is 245 Å². The van der Waals surface area contributed by atoms with Crippen LogP contribution >= 0.6 is 15.9 Å². The minimum atomic E-state index is 1.01. The SMILES string of the molecule is Brc1c(N(c2ccc3cnccc3c2)c2ccc3cnccc3c2)cccc1-n1c2ccccc2c2ccccc21. The predicted molar refractivity (Wildman–Crippen MR) is 174 cm³/mol. The van der Waals surface area contributed by atoms with Crippen LogP contribution in [0.25, 0.3) is 49.0 Å². The average Bonchev–Trinajstić information content (AvgIpc) is 3.36. The Hall–Kier alpha value is -5.00. The van der Waals surface area contributed by atoms with Crippen molar-refractivity contribution in [1.82, 2.24) is 14.5 Å². The maximum Gasteiger partial charge on any atom is 0.0656 e. The molecule has 0 fully saturated rings. The van der Waals surface area contributed by atoms with Gasteiger partial charge in [0, 0.05) is 57.7 Å². The second kappa shape index (κ2) is 9.58. The number of anilines is 3. The van der Waals surface area contributed by atoms with Crippen molar-refractivity contribution >= 4 is 76.3 Å². The van der Waals surface area contributed by atoms with Crippen LogP contribution in [0.2, 0.25) is 0 Å². The average molecular weight is 592 g/mol. The lowest BCUT2D eigenvalue weighted by Crippen LogP contribution is -2.11. The minimum absolute atomic E-state index is 1.01. The highest BCUT2D eigenvalue weighted by Crippen LogP contribution is 2.44. The van der Waals surface area contributed by atoms with E-state index in [9.17, 15) is 0 Å². The van der Waals surface area contributed by atoms with Crippen LogP contribution in [0.4, 0.5) is 17.1 Å². The van der Waals surface area contributed by atoms with Crippen LogP contribution in [0, 0.1) is 0 Å². The molecule has 5 aromatic carbocycles. The van der Waals surface area contributed by atoms with E-state index in [4.69, 9.17) is 0 Å². The molecule has 0 aliphatic heterocycles. The highest BCUT2D eigenvalue weighted by Gasteiger charge is 2.21. The molecular weight excluding hydrogens is 568 g/mol. The molecule has 0 atom stereocenters. The lowest BCUT2D eigenvalue weighted by Gasteiger charge is -2.28. The molecule has 0 spiro atoms. The number of hydrogen-bond donors (Lipinski definition) is 0. The summed E-state index contributed by atoms with van der Waals surface area (Å²) in [5.74, 6) is 0. The first-order valence-electron chi connectivity index (χ1n) is 13.5. The second-order valence-electron chi connectivity index (χ2n) is 10.1. The van der Waals surface area contributed by atoms with Gasteiger partial charge in [-0.2, -0.15) is 0 Å². The molecule has 41 heavy (non-hydrogen) atoms. The Balaban J connectivity index is 1.40. The standard InChI is InChI=1S/C36H23BrN4/c37-36-34(10-5-11-35(36)41-32-8-3-1-6-30(32)31-7-2-4-9-33(31)41)40(28-14-12-26-22-38-18-16-24(26)20-28)29-15-13-27-23-39-19-17-25(27)21-29/h1-23H. The fourth-order valence-electron chi connectivity index (χ4n) is 5.88. The largest absolute Gasteiger partial charge is 0.309 e. The molecule has 0 bridgehead atoms. The van der Waals surface area contributed by atoms with E-state index in [2.05, 4.69) is 151 Å². The molecule has 3 aromatic heterocycles. The maximum atomic E-state index is 4.31. The number of nitrogens with zero attached hydrogens (tertiary/aromatic N) is 4. The Bertz CT molecular complexity index is 2120. The van der Waals surface area contributed by atoms with E-state index in [1.807, 2.05) is 24.8 Å². The van der Waals surface area contributed by atoms with Crippen molar-refractivity contribution in [2.24, 2.45) is 0 Å². The van der Waals surface area contributed by atoms with Gasteiger partial charge in [0.15, 0.2) is 0 Å². The molecule has 0 aliphatic carbocycles. The lowest BCUT2D eigenvalue weighted by molar-refractivity contribution is 1.16. The van der Waals surface area contributed by atoms with E-state index in [1.165, 1.54) is 21.8 Å². The third-order valence-electron chi connectivity index (χ3n) is 7.78. The first kappa shape index (κ1) is 23.9. The molecule has 194 valence electrons. The first-order valence-corrected chi connectivity index (χ1v) is 14.3. The molecule has 8 rings (SSSR count). The fraction of sp³-hybridized carbons (Fsp3) is 0. The van der Waals surface area contributed by atoms with E-state index >= 15 is 0 Å². The topological polar surface area (TPSA) is 34.0 Å². The molecule has 5 heteroatoms. The normalized spacial score (nSPS) is 11.5. The Morgan fingerprint density at radius 1 is 0.537 bits per heavy atom. The van der Waals surface area contributed by atoms with E-state index in [0.29, 0.717) is 0 Å². The van der Waals surface area contributed by atoms with Gasteiger partial charge >= 0.3 is 0 Å². The number of para-hydroxylation sites is 2. The summed E-state index contributed by atoms with van der Waals surface area (Å²) in [7, 11) is 0. The van der Waals surface area contributed by atoms with Crippen molar-refractivity contribution in [3.8, 4) is 5.69 Å². The number of benzene rings is 5. The van der Waals surface area contributed by atoms with Gasteiger partial charge in [-0.25, -0.2) is 0 Å². The molecule has 0 unspecified atom stereocenters. The van der Waals surface area contributed by atoms with Gasteiger partial charge in [-0.15, -0.1) is 0 Å². The van der Waals surface area contributed by atoms with E-state index in [1.54, 1.807) is 0 Å². The second-order valence-corrected chi connectivity index (χ2v) is 10.9. The molecule has 0 saturated carbocycles. The Morgan fingerprint density at radius 3 is 1.68 bits per heavy atom. The highest BCUT2D eigenvalue weighted by molar-refractivity contribution is 9.10. The van der Waals surface area contributed by atoms with Gasteiger partial charge in [-0.1, -0.05) is 54.6 Å². The van der Waals surface area contributed by atoms with Crippen molar-refractivity contribution < 1.29 is 0 Å². The molecule has 0 N–H and O–H groups in total. The van der Waals surface area contributed by atoms with Gasteiger partial charge in [0.1, 0.15) is 0 Å². The number of rotatable bonds is 4. The smallest absolute Gasteiger partial charge is 0.0656 e. The van der Waals surface area contributed by atoms with Gasteiger partial charge in [0.25, 0.3) is 0 Å². The molecule has 3 heterocycles. The van der Waals surface area contributed by atoms with Gasteiger partial charge in [0.05, 0.1) is 26.9 Å². The van der Waals surface area contributed by atoms with Crippen molar-refractivity contribution in [2.45, 2.75) is 0 Å². The van der Waals surface area contributed by atoms with Crippen LogP contribution in [-0.4, -0.2) is 14.5 Å². The molecule has 8 aromatic rings. The molecule has 0 saturated heterocycles. The van der Waals surface area contributed by atoms with Crippen LogP contribution < -0.4 is 4.90 Å². The highest BCUT2D eigenvalue weighted by atomic mass is 79.9. The number of fused-ring (bicyclic) bond motifs is 5. The van der Waals surface area contributed by atoms with Crippen LogP contribution in [-0.2, 0) is 0 Å². The molecular formula is C36H23BrN4. The van der Waals surface area contributed by atoms with E-state index < -0.39 is 0 Å². The summed E-state index contributed by atoms with van der Waals surface area (Å²) in [4.78, 5) is 10.9. The third kappa shape index (κ3) is 3.89. The van der Waals surface area contributed by atoms with Gasteiger partial charge in [-0.3, -0.25) is 9.97 Å². The third-order valence-corrected chi connectivity index (χ3v) is 8.60. The summed E-state index contributed by atoms with van der Waals surface area (Å²) in [6, 6.07) is 40.9. The van der Waals surface area contributed by atoms with Crippen LogP contribution in [0.15, 0.2) is 145 Å². The van der Waals surface area contributed by atoms with Crippen LogP contribution in [0.5, 0.6) is 0 Å². The summed E-state index contributed by atoms with van der Waals surface area (Å²) in [6.07, 6.45) is 7.51. The number of hydrogen-bond acceptors (Lipinski definition) is 3. The zero-order valence-corrected chi connectivity index (χ0v) is 23.5. The number of halogens is 1. The minimum Gasteiger partial charge on any atom is -0.309 e. The van der Waals surface area contributed by atoms with Crippen molar-refractivity contribution in [2.75, 3.05) is 4.90 Å². The Morgan fingerprint density at radius 2 is 1.10 bits per heavy atom. The quantitative estimate of drug-likeness (QED) is 0.204. The molecule has 0 radical (unpaired) electrons. The number of pyridine rings is 2. The molecule has 0 aliphatic rings. The van der Waals surface area contributed by atoms with Crippen molar-refractivity contribution in [3.05, 3.63) is 145 Å². The Kier molecular flexibility index (Phi) is 5.57. The lowest BCUT2D eigenvalue weighted by atomic mass is 10.1. The monoisotopic (exact) mass is 590 g/mol.